The standard InChI is InChI=1S/C21H21N5O3/c1-25-17-7-6-14(12-16(17)24-21(25)26-8-10-28-11-9-26)20(27)22-13-19-23-15-4-2-3-5-18(15)29-19/h2-7,12H,8-11,13H2,1H3,(H,22,27). The van der Waals surface area contributed by atoms with Gasteiger partial charge in [-0.3, -0.25) is 4.79 Å². The Morgan fingerprint density at radius 3 is 2.76 bits per heavy atom. The van der Waals surface area contributed by atoms with Gasteiger partial charge in [0, 0.05) is 25.7 Å². The summed E-state index contributed by atoms with van der Waals surface area (Å²) in [5, 5.41) is 2.87. The van der Waals surface area contributed by atoms with Crippen LogP contribution in [0.25, 0.3) is 22.1 Å². The van der Waals surface area contributed by atoms with E-state index in [-0.39, 0.29) is 12.5 Å². The number of nitrogens with zero attached hydrogens (tertiary/aromatic N) is 4. The molecule has 2 aromatic heterocycles. The molecule has 4 aromatic rings. The molecule has 1 amide bonds. The lowest BCUT2D eigenvalue weighted by Crippen LogP contribution is -2.37. The maximum absolute atomic E-state index is 12.6. The van der Waals surface area contributed by atoms with Crippen molar-refractivity contribution in [1.29, 1.82) is 0 Å². The Morgan fingerprint density at radius 2 is 1.93 bits per heavy atom. The van der Waals surface area contributed by atoms with Gasteiger partial charge in [0.1, 0.15) is 5.52 Å². The zero-order chi connectivity index (χ0) is 19.8. The predicted molar refractivity (Wildman–Crippen MR) is 109 cm³/mol. The van der Waals surface area contributed by atoms with E-state index < -0.39 is 0 Å². The molecule has 0 saturated carbocycles. The van der Waals surface area contributed by atoms with E-state index in [2.05, 4.69) is 19.8 Å². The van der Waals surface area contributed by atoms with Crippen molar-refractivity contribution in [2.45, 2.75) is 6.54 Å². The third-order valence-corrected chi connectivity index (χ3v) is 5.15. The van der Waals surface area contributed by atoms with Crippen molar-refractivity contribution in [3.05, 3.63) is 53.9 Å². The third-order valence-electron chi connectivity index (χ3n) is 5.15. The zero-order valence-corrected chi connectivity index (χ0v) is 16.1. The minimum atomic E-state index is -0.187. The van der Waals surface area contributed by atoms with E-state index in [0.717, 1.165) is 35.6 Å². The van der Waals surface area contributed by atoms with E-state index in [1.54, 1.807) is 0 Å². The first-order valence-corrected chi connectivity index (χ1v) is 9.61. The lowest BCUT2D eigenvalue weighted by Gasteiger charge is -2.27. The van der Waals surface area contributed by atoms with Gasteiger partial charge in [-0.1, -0.05) is 12.1 Å². The van der Waals surface area contributed by atoms with E-state index in [4.69, 9.17) is 14.1 Å². The molecule has 0 unspecified atom stereocenters. The predicted octanol–water partition coefficient (Wildman–Crippen LogP) is 2.48. The molecule has 1 N–H and O–H groups in total. The van der Waals surface area contributed by atoms with Crippen molar-refractivity contribution >= 4 is 34.0 Å². The number of amides is 1. The fraction of sp³-hybridized carbons (Fsp3) is 0.286. The van der Waals surface area contributed by atoms with Gasteiger partial charge in [0.05, 0.1) is 30.8 Å². The Morgan fingerprint density at radius 1 is 1.10 bits per heavy atom. The molecule has 1 fully saturated rings. The highest BCUT2D eigenvalue weighted by Crippen LogP contribution is 2.23. The molecular formula is C21H21N5O3. The third kappa shape index (κ3) is 3.31. The largest absolute Gasteiger partial charge is 0.439 e. The number of aromatic nitrogens is 3. The molecule has 0 bridgehead atoms. The van der Waals surface area contributed by atoms with Crippen molar-refractivity contribution in [1.82, 2.24) is 19.9 Å². The topological polar surface area (TPSA) is 85.4 Å². The Balaban J connectivity index is 1.34. The maximum Gasteiger partial charge on any atom is 0.251 e. The number of morpholine rings is 1. The molecular weight excluding hydrogens is 370 g/mol. The average Bonchev–Trinajstić information content (AvgIpc) is 3.33. The summed E-state index contributed by atoms with van der Waals surface area (Å²) in [6.07, 6.45) is 0. The second-order valence-electron chi connectivity index (χ2n) is 7.03. The number of carbonyl (C=O) groups is 1. The van der Waals surface area contributed by atoms with Gasteiger partial charge in [-0.05, 0) is 30.3 Å². The summed E-state index contributed by atoms with van der Waals surface area (Å²) in [6, 6.07) is 13.1. The molecule has 8 heteroatoms. The molecule has 0 spiro atoms. The van der Waals surface area contributed by atoms with Crippen molar-refractivity contribution in [3.8, 4) is 0 Å². The summed E-state index contributed by atoms with van der Waals surface area (Å²) in [6.45, 7) is 3.26. The summed E-state index contributed by atoms with van der Waals surface area (Å²) in [4.78, 5) is 24.0. The minimum absolute atomic E-state index is 0.187. The average molecular weight is 391 g/mol. The molecule has 0 aliphatic carbocycles. The Hall–Kier alpha value is -3.39. The molecule has 3 heterocycles. The highest BCUT2D eigenvalue weighted by molar-refractivity contribution is 5.97. The minimum Gasteiger partial charge on any atom is -0.439 e. The van der Waals surface area contributed by atoms with E-state index in [0.29, 0.717) is 30.3 Å². The number of imidazole rings is 1. The molecule has 1 aliphatic heterocycles. The Bertz CT molecular complexity index is 1160. The number of hydrogen-bond donors (Lipinski definition) is 1. The van der Waals surface area contributed by atoms with Crippen LogP contribution in [0.3, 0.4) is 0 Å². The van der Waals surface area contributed by atoms with Crippen LogP contribution in [0.5, 0.6) is 0 Å². The van der Waals surface area contributed by atoms with Gasteiger partial charge in [0.25, 0.3) is 5.91 Å². The number of hydrogen-bond acceptors (Lipinski definition) is 6. The van der Waals surface area contributed by atoms with Gasteiger partial charge >= 0.3 is 0 Å². The monoisotopic (exact) mass is 391 g/mol. The van der Waals surface area contributed by atoms with Gasteiger partial charge in [-0.2, -0.15) is 0 Å². The number of ether oxygens (including phenoxy) is 1. The number of para-hydroxylation sites is 2. The SMILES string of the molecule is Cn1c(N2CCOCC2)nc2cc(C(=O)NCc3nc4ccccc4o3)ccc21. The van der Waals surface area contributed by atoms with E-state index >= 15 is 0 Å². The lowest BCUT2D eigenvalue weighted by molar-refractivity contribution is 0.0947. The molecule has 1 saturated heterocycles. The van der Waals surface area contributed by atoms with Crippen LogP contribution in [0.2, 0.25) is 0 Å². The Labute approximate surface area is 167 Å². The lowest BCUT2D eigenvalue weighted by atomic mass is 10.2. The smallest absolute Gasteiger partial charge is 0.251 e. The number of oxazole rings is 1. The van der Waals surface area contributed by atoms with Crippen molar-refractivity contribution in [2.75, 3.05) is 31.2 Å². The molecule has 148 valence electrons. The van der Waals surface area contributed by atoms with Gasteiger partial charge in [0.2, 0.25) is 11.8 Å². The first kappa shape index (κ1) is 17.7. The van der Waals surface area contributed by atoms with E-state index in [1.165, 1.54) is 0 Å². The summed E-state index contributed by atoms with van der Waals surface area (Å²) in [7, 11) is 1.99. The van der Waals surface area contributed by atoms with Crippen LogP contribution >= 0.6 is 0 Å². The van der Waals surface area contributed by atoms with E-state index in [1.807, 2.05) is 49.5 Å². The molecule has 0 atom stereocenters. The fourth-order valence-corrected chi connectivity index (χ4v) is 3.63. The van der Waals surface area contributed by atoms with Crippen LogP contribution in [0.15, 0.2) is 46.9 Å². The first-order valence-electron chi connectivity index (χ1n) is 9.61. The van der Waals surface area contributed by atoms with Crippen LogP contribution in [0.4, 0.5) is 5.95 Å². The number of benzene rings is 2. The number of nitrogens with one attached hydrogen (secondary N) is 1. The van der Waals surface area contributed by atoms with Gasteiger partial charge in [0.15, 0.2) is 5.58 Å². The maximum atomic E-state index is 12.6. The van der Waals surface area contributed by atoms with Gasteiger partial charge in [-0.15, -0.1) is 0 Å². The molecule has 2 aromatic carbocycles. The van der Waals surface area contributed by atoms with Crippen LogP contribution in [-0.4, -0.2) is 46.7 Å². The Kier molecular flexibility index (Phi) is 4.40. The number of aryl methyl sites for hydroxylation is 1. The molecule has 1 aliphatic rings. The van der Waals surface area contributed by atoms with Crippen LogP contribution in [0, 0.1) is 0 Å². The summed E-state index contributed by atoms with van der Waals surface area (Å²) < 4.78 is 13.1. The quantitative estimate of drug-likeness (QED) is 0.575. The van der Waals surface area contributed by atoms with Gasteiger partial charge in [-0.25, -0.2) is 9.97 Å². The number of carbonyl (C=O) groups excluding carboxylic acids is 1. The number of rotatable bonds is 4. The highest BCUT2D eigenvalue weighted by atomic mass is 16.5. The summed E-state index contributed by atoms with van der Waals surface area (Å²) in [5.41, 5.74) is 3.83. The molecule has 29 heavy (non-hydrogen) atoms. The molecule has 5 rings (SSSR count). The second kappa shape index (κ2) is 7.21. The van der Waals surface area contributed by atoms with Crippen LogP contribution < -0.4 is 10.2 Å². The first-order chi connectivity index (χ1) is 14.2. The highest BCUT2D eigenvalue weighted by Gasteiger charge is 2.18. The molecule has 0 radical (unpaired) electrons. The van der Waals surface area contributed by atoms with Crippen molar-refractivity contribution in [3.63, 3.8) is 0 Å². The van der Waals surface area contributed by atoms with Crippen LogP contribution in [-0.2, 0) is 18.3 Å². The number of fused-ring (bicyclic) bond motifs is 2. The summed E-state index contributed by atoms with van der Waals surface area (Å²) >= 11 is 0. The van der Waals surface area contributed by atoms with E-state index in [9.17, 15) is 4.79 Å². The second-order valence-corrected chi connectivity index (χ2v) is 7.03. The summed E-state index contributed by atoms with van der Waals surface area (Å²) in [5.74, 6) is 1.19. The van der Waals surface area contributed by atoms with Gasteiger partial charge < -0.3 is 23.9 Å². The van der Waals surface area contributed by atoms with Crippen molar-refractivity contribution in [2.24, 2.45) is 7.05 Å². The fourth-order valence-electron chi connectivity index (χ4n) is 3.63. The normalized spacial score (nSPS) is 14.6. The number of anilines is 1. The zero-order valence-electron chi connectivity index (χ0n) is 16.1. The van der Waals surface area contributed by atoms with Crippen molar-refractivity contribution < 1.29 is 13.9 Å². The molecule has 8 nitrogen and oxygen atoms in total. The van der Waals surface area contributed by atoms with Crippen LogP contribution in [0.1, 0.15) is 16.2 Å².